The molecule has 44 heavy (non-hydrogen) atoms. The van der Waals surface area contributed by atoms with Gasteiger partial charge < -0.3 is 20.1 Å². The Morgan fingerprint density at radius 1 is 1.09 bits per heavy atom. The molecule has 12 heteroatoms. The molecule has 234 valence electrons. The minimum absolute atomic E-state index is 0.0350. The van der Waals surface area contributed by atoms with Gasteiger partial charge in [-0.2, -0.15) is 9.97 Å². The van der Waals surface area contributed by atoms with E-state index >= 15 is 4.39 Å². The molecular formula is C32H39F2N7O3. The molecule has 10 nitrogen and oxygen atoms in total. The lowest BCUT2D eigenvalue weighted by Gasteiger charge is -2.42. The number of aromatic nitrogens is 3. The molecule has 0 unspecified atom stereocenters. The molecule has 4 saturated heterocycles. The van der Waals surface area contributed by atoms with Crippen molar-refractivity contribution < 1.29 is 23.0 Å². The van der Waals surface area contributed by atoms with Gasteiger partial charge in [-0.15, -0.1) is 0 Å². The van der Waals surface area contributed by atoms with Crippen molar-refractivity contribution in [1.29, 1.82) is 0 Å². The van der Waals surface area contributed by atoms with E-state index in [0.29, 0.717) is 30.9 Å². The van der Waals surface area contributed by atoms with Gasteiger partial charge in [-0.05, 0) is 78.5 Å². The number of hydrogen-bond acceptors (Lipinski definition) is 9. The van der Waals surface area contributed by atoms with Crippen molar-refractivity contribution in [1.82, 2.24) is 24.8 Å². The monoisotopic (exact) mass is 607 g/mol. The highest BCUT2D eigenvalue weighted by Gasteiger charge is 2.46. The number of benzene rings is 1. The average molecular weight is 608 g/mol. The summed E-state index contributed by atoms with van der Waals surface area (Å²) in [5, 5.41) is 0.417. The van der Waals surface area contributed by atoms with Crippen molar-refractivity contribution >= 4 is 28.5 Å². The van der Waals surface area contributed by atoms with Crippen LogP contribution in [-0.2, 0) is 4.74 Å². The van der Waals surface area contributed by atoms with Crippen LogP contribution in [0, 0.1) is 11.6 Å². The van der Waals surface area contributed by atoms with Crippen LogP contribution < -0.4 is 15.4 Å². The number of nitrogens with two attached hydrogens (primary N) is 1. The smallest absolute Gasteiger partial charge is 0.410 e. The number of piperazine rings is 1. The van der Waals surface area contributed by atoms with Gasteiger partial charge >= 0.3 is 12.1 Å². The Labute approximate surface area is 255 Å². The van der Waals surface area contributed by atoms with Crippen LogP contribution in [0.5, 0.6) is 6.01 Å². The third-order valence-electron chi connectivity index (χ3n) is 9.62. The second-order valence-corrected chi connectivity index (χ2v) is 13.6. The van der Waals surface area contributed by atoms with Gasteiger partial charge in [0.05, 0.1) is 28.7 Å². The predicted octanol–water partition coefficient (Wildman–Crippen LogP) is 5.15. The number of pyridine rings is 1. The first-order chi connectivity index (χ1) is 21.0. The molecule has 3 aromatic rings. The van der Waals surface area contributed by atoms with Crippen LogP contribution in [0.4, 0.5) is 25.1 Å². The van der Waals surface area contributed by atoms with Crippen molar-refractivity contribution in [2.75, 3.05) is 43.4 Å². The number of anilines is 2. The molecule has 2 aromatic heterocycles. The van der Waals surface area contributed by atoms with Gasteiger partial charge in [0.1, 0.15) is 35.1 Å². The summed E-state index contributed by atoms with van der Waals surface area (Å²) in [5.41, 5.74) is 5.27. The van der Waals surface area contributed by atoms with Crippen LogP contribution in [0.3, 0.4) is 0 Å². The van der Waals surface area contributed by atoms with Gasteiger partial charge in [0, 0.05) is 24.8 Å². The topological polar surface area (TPSA) is 110 Å². The zero-order valence-electron chi connectivity index (χ0n) is 25.5. The minimum atomic E-state index is -0.717. The molecule has 6 heterocycles. The van der Waals surface area contributed by atoms with E-state index in [-0.39, 0.29) is 52.2 Å². The van der Waals surface area contributed by atoms with Gasteiger partial charge in [-0.1, -0.05) is 12.1 Å². The van der Waals surface area contributed by atoms with Crippen molar-refractivity contribution in [3.8, 4) is 17.3 Å². The summed E-state index contributed by atoms with van der Waals surface area (Å²) < 4.78 is 42.7. The number of fused-ring (bicyclic) bond motifs is 4. The summed E-state index contributed by atoms with van der Waals surface area (Å²) in [6, 6.07) is 4.17. The van der Waals surface area contributed by atoms with E-state index in [1.807, 2.05) is 25.7 Å². The van der Waals surface area contributed by atoms with Crippen molar-refractivity contribution in [2.24, 2.45) is 0 Å². The first-order valence-electron chi connectivity index (χ1n) is 15.6. The molecule has 4 aliphatic heterocycles. The number of rotatable bonds is 5. The minimum Gasteiger partial charge on any atom is -0.461 e. The van der Waals surface area contributed by atoms with Gasteiger partial charge in [-0.3, -0.25) is 14.8 Å². The largest absolute Gasteiger partial charge is 0.461 e. The molecule has 2 bridgehead atoms. The highest BCUT2D eigenvalue weighted by molar-refractivity contribution is 5.93. The Bertz CT molecular complexity index is 1590. The Morgan fingerprint density at radius 3 is 2.48 bits per heavy atom. The SMILES string of the molecule is CC(C)(C)OC(=O)N1[C@@H]2CC[C@H]1CN(c1nc(OCC34CCCN3CCC4)nc3c(F)c(-c4cccc(F)c4N)ncc13)C2. The second kappa shape index (κ2) is 10.7. The van der Waals surface area contributed by atoms with Gasteiger partial charge in [0.25, 0.3) is 0 Å². The van der Waals surface area contributed by atoms with Crippen LogP contribution in [0.25, 0.3) is 22.2 Å². The van der Waals surface area contributed by atoms with E-state index in [1.54, 1.807) is 0 Å². The number of para-hydroxylation sites is 1. The standard InChI is InChI=1S/C32H39F2N7O3/c1-31(2,3)44-30(42)41-19-9-10-20(41)17-39(16-19)28-22-15-36-26(21-7-4-8-23(33)25(21)35)24(34)27(22)37-29(38-28)43-18-32-11-5-13-40(32)14-6-12-32/h4,7-8,15,19-20H,5-6,9-14,16-18,35H2,1-3H3/t19-,20+. The average Bonchev–Trinajstić information content (AvgIpc) is 3.63. The molecule has 0 spiro atoms. The molecule has 7 rings (SSSR count). The second-order valence-electron chi connectivity index (χ2n) is 13.6. The summed E-state index contributed by atoms with van der Waals surface area (Å²) in [6.45, 7) is 9.11. The fourth-order valence-corrected chi connectivity index (χ4v) is 7.61. The molecule has 4 fully saturated rings. The van der Waals surface area contributed by atoms with Gasteiger partial charge in [-0.25, -0.2) is 13.6 Å². The van der Waals surface area contributed by atoms with Crippen molar-refractivity contribution in [3.05, 3.63) is 36.0 Å². The van der Waals surface area contributed by atoms with E-state index in [0.717, 1.165) is 51.6 Å². The lowest BCUT2D eigenvalue weighted by atomic mass is 9.95. The lowest BCUT2D eigenvalue weighted by molar-refractivity contribution is 0.0122. The molecule has 0 saturated carbocycles. The molecule has 1 aromatic carbocycles. The normalized spacial score (nSPS) is 22.9. The maximum absolute atomic E-state index is 16.4. The van der Waals surface area contributed by atoms with E-state index < -0.39 is 17.2 Å². The highest BCUT2D eigenvalue weighted by Crippen LogP contribution is 2.41. The van der Waals surface area contributed by atoms with E-state index in [1.165, 1.54) is 24.4 Å². The maximum atomic E-state index is 16.4. The van der Waals surface area contributed by atoms with Crippen LogP contribution in [0.1, 0.15) is 59.3 Å². The number of carbonyl (C=O) groups is 1. The summed E-state index contributed by atoms with van der Waals surface area (Å²) in [7, 11) is 0. The molecule has 0 aliphatic carbocycles. The van der Waals surface area contributed by atoms with Crippen LogP contribution >= 0.6 is 0 Å². The summed E-state index contributed by atoms with van der Waals surface area (Å²) >= 11 is 0. The quantitative estimate of drug-likeness (QED) is 0.394. The number of ether oxygens (including phenoxy) is 2. The zero-order chi connectivity index (χ0) is 30.8. The summed E-state index contributed by atoms with van der Waals surface area (Å²) in [6.07, 6.45) is 7.21. The van der Waals surface area contributed by atoms with Crippen LogP contribution in [0.2, 0.25) is 0 Å². The van der Waals surface area contributed by atoms with Crippen LogP contribution in [0.15, 0.2) is 24.4 Å². The van der Waals surface area contributed by atoms with Crippen molar-refractivity contribution in [2.45, 2.75) is 82.5 Å². The number of halogens is 2. The first kappa shape index (κ1) is 28.9. The Morgan fingerprint density at radius 2 is 1.80 bits per heavy atom. The molecule has 2 atom stereocenters. The fraction of sp³-hybridized carbons (Fsp3) is 0.562. The number of hydrogen-bond donors (Lipinski definition) is 1. The number of carbonyl (C=O) groups excluding carboxylic acids is 1. The third-order valence-corrected chi connectivity index (χ3v) is 9.62. The highest BCUT2D eigenvalue weighted by atomic mass is 19.1. The Kier molecular flexibility index (Phi) is 7.02. The molecule has 2 N–H and O–H groups in total. The molecule has 0 radical (unpaired) electrons. The molecular weight excluding hydrogens is 568 g/mol. The van der Waals surface area contributed by atoms with Gasteiger partial charge in [0.15, 0.2) is 5.82 Å². The summed E-state index contributed by atoms with van der Waals surface area (Å²) in [4.78, 5) is 33.3. The summed E-state index contributed by atoms with van der Waals surface area (Å²) in [5.74, 6) is -0.861. The first-order valence-corrected chi connectivity index (χ1v) is 15.6. The fourth-order valence-electron chi connectivity index (χ4n) is 7.61. The molecule has 4 aliphatic rings. The van der Waals surface area contributed by atoms with E-state index in [4.69, 9.17) is 20.2 Å². The maximum Gasteiger partial charge on any atom is 0.410 e. The Balaban J connectivity index is 1.27. The van der Waals surface area contributed by atoms with Crippen molar-refractivity contribution in [3.63, 3.8) is 0 Å². The van der Waals surface area contributed by atoms with Crippen LogP contribution in [-0.4, -0.2) is 86.9 Å². The van der Waals surface area contributed by atoms with E-state index in [9.17, 15) is 9.18 Å². The number of amides is 1. The zero-order valence-corrected chi connectivity index (χ0v) is 25.5. The lowest BCUT2D eigenvalue weighted by Crippen LogP contribution is -2.57. The Hall–Kier alpha value is -3.80. The number of nitrogens with zero attached hydrogens (tertiary/aromatic N) is 6. The molecule has 1 amide bonds. The third kappa shape index (κ3) is 4.96. The van der Waals surface area contributed by atoms with Gasteiger partial charge in [0.2, 0.25) is 0 Å². The number of nitrogen functional groups attached to an aromatic ring is 1. The van der Waals surface area contributed by atoms with E-state index in [2.05, 4.69) is 19.8 Å². The predicted molar refractivity (Wildman–Crippen MR) is 162 cm³/mol.